The summed E-state index contributed by atoms with van der Waals surface area (Å²) in [5.74, 6) is 2.14. The molecule has 3 saturated heterocycles. The molecule has 6 heterocycles. The quantitative estimate of drug-likeness (QED) is 0.291. The van der Waals surface area contributed by atoms with Crippen molar-refractivity contribution >= 4 is 51.0 Å². The van der Waals surface area contributed by atoms with E-state index in [2.05, 4.69) is 37.1 Å². The number of ether oxygens (including phenoxy) is 1. The minimum Gasteiger partial charge on any atom is -0.378 e. The van der Waals surface area contributed by atoms with Crippen LogP contribution in [0.2, 0.25) is 0 Å². The van der Waals surface area contributed by atoms with Gasteiger partial charge in [-0.05, 0) is 57.1 Å². The van der Waals surface area contributed by atoms with Crippen LogP contribution in [0.15, 0.2) is 30.3 Å². The highest BCUT2D eigenvalue weighted by Gasteiger charge is 2.50. The monoisotopic (exact) mass is 631 g/mol. The average molecular weight is 632 g/mol. The standard InChI is InChI=1S/C31H37N9O4S/c1-20-6-4-7-21-27(20)29(34-28(32-21)30(41)35-31(9-10-31)45(42)43)39-13-3-2-8-23(39)22-18-25-33-24(37-11-5-12-37)19-26(40(25)36-22)38-14-16-44-17-15-38/h4,6-7,18-19,23H,2-3,5,8-17H2,1H3,(H,35,41)(H,42,43). The number of hydrogen-bond donors (Lipinski definition) is 2. The van der Waals surface area contributed by atoms with Gasteiger partial charge in [-0.25, -0.2) is 19.2 Å². The molecule has 3 aromatic heterocycles. The van der Waals surface area contributed by atoms with Crippen LogP contribution in [0.25, 0.3) is 16.6 Å². The third-order valence-electron chi connectivity index (χ3n) is 9.54. The van der Waals surface area contributed by atoms with E-state index in [4.69, 9.17) is 19.8 Å². The number of piperidine rings is 1. The second kappa shape index (κ2) is 11.2. The number of amides is 1. The zero-order chi connectivity index (χ0) is 30.7. The molecular formula is C31H37N9O4S. The van der Waals surface area contributed by atoms with E-state index < -0.39 is 21.9 Å². The zero-order valence-electron chi connectivity index (χ0n) is 25.3. The first-order chi connectivity index (χ1) is 21.9. The summed E-state index contributed by atoms with van der Waals surface area (Å²) in [6.07, 6.45) is 4.96. The molecule has 14 heteroatoms. The summed E-state index contributed by atoms with van der Waals surface area (Å²) in [5.41, 5.74) is 3.41. The summed E-state index contributed by atoms with van der Waals surface area (Å²) in [5, 5.41) is 8.83. The lowest BCUT2D eigenvalue weighted by Crippen LogP contribution is -2.41. The second-order valence-corrected chi connectivity index (χ2v) is 13.8. The molecule has 1 saturated carbocycles. The highest BCUT2D eigenvalue weighted by atomic mass is 32.2. The highest BCUT2D eigenvalue weighted by Crippen LogP contribution is 2.40. The summed E-state index contributed by atoms with van der Waals surface area (Å²) in [4.78, 5) is 33.7. The normalized spacial score (nSPS) is 22.0. The lowest BCUT2D eigenvalue weighted by molar-refractivity contribution is 0.0934. The van der Waals surface area contributed by atoms with Gasteiger partial charge in [0.15, 0.2) is 16.7 Å². The fraction of sp³-hybridized carbons (Fsp3) is 0.516. The van der Waals surface area contributed by atoms with Crippen molar-refractivity contribution in [1.82, 2.24) is 29.9 Å². The van der Waals surface area contributed by atoms with E-state index in [1.165, 1.54) is 6.42 Å². The molecule has 0 radical (unpaired) electrons. The molecule has 1 aliphatic carbocycles. The molecule has 0 bridgehead atoms. The summed E-state index contributed by atoms with van der Waals surface area (Å²) < 4.78 is 29.3. The van der Waals surface area contributed by atoms with Gasteiger partial charge in [0.05, 0.1) is 30.5 Å². The van der Waals surface area contributed by atoms with Crippen molar-refractivity contribution in [2.45, 2.75) is 56.4 Å². The van der Waals surface area contributed by atoms with Crippen molar-refractivity contribution in [3.8, 4) is 0 Å². The number of morpholine rings is 1. The molecule has 2 atom stereocenters. The molecular weight excluding hydrogens is 594 g/mol. The van der Waals surface area contributed by atoms with Crippen LogP contribution in [0.3, 0.4) is 0 Å². The molecule has 45 heavy (non-hydrogen) atoms. The SMILES string of the molecule is Cc1cccc2nc(C(=O)NC3(S(=O)O)CC3)nc(N3CCCCC3c3cc4nc(N5CCC5)cc(N5CCOCC5)n4n3)c12. The molecule has 2 unspecified atom stereocenters. The van der Waals surface area contributed by atoms with Gasteiger partial charge < -0.3 is 29.3 Å². The van der Waals surface area contributed by atoms with E-state index in [0.717, 1.165) is 85.9 Å². The fourth-order valence-electron chi connectivity index (χ4n) is 6.70. The molecule has 13 nitrogen and oxygen atoms in total. The minimum absolute atomic E-state index is 0.00499. The molecule has 8 rings (SSSR count). The van der Waals surface area contributed by atoms with E-state index in [1.54, 1.807) is 0 Å². The van der Waals surface area contributed by atoms with Gasteiger partial charge in [-0.2, -0.15) is 9.61 Å². The van der Waals surface area contributed by atoms with E-state index in [-0.39, 0.29) is 11.9 Å². The number of nitrogens with one attached hydrogen (secondary N) is 1. The Morgan fingerprint density at radius 1 is 1.02 bits per heavy atom. The van der Waals surface area contributed by atoms with Crippen LogP contribution >= 0.6 is 0 Å². The fourth-order valence-corrected chi connectivity index (χ4v) is 7.34. The largest absolute Gasteiger partial charge is 0.378 e. The third-order valence-corrected chi connectivity index (χ3v) is 10.7. The van der Waals surface area contributed by atoms with Crippen molar-refractivity contribution in [2.24, 2.45) is 0 Å². The number of carbonyl (C=O) groups excluding carboxylic acids is 1. The van der Waals surface area contributed by atoms with Crippen LogP contribution in [0, 0.1) is 6.92 Å². The number of anilines is 3. The topological polar surface area (TPSA) is 141 Å². The number of carbonyl (C=O) groups is 1. The van der Waals surface area contributed by atoms with Crippen molar-refractivity contribution in [2.75, 3.05) is 60.6 Å². The maximum absolute atomic E-state index is 13.4. The zero-order valence-corrected chi connectivity index (χ0v) is 26.1. The van der Waals surface area contributed by atoms with Gasteiger partial charge in [0, 0.05) is 50.2 Å². The van der Waals surface area contributed by atoms with Crippen LogP contribution in [0.4, 0.5) is 17.5 Å². The Bertz CT molecular complexity index is 1820. The molecule has 4 aromatic rings. The summed E-state index contributed by atoms with van der Waals surface area (Å²) in [6, 6.07) is 10.0. The average Bonchev–Trinajstić information content (AvgIpc) is 3.69. The molecule has 3 aliphatic heterocycles. The van der Waals surface area contributed by atoms with Gasteiger partial charge in [-0.15, -0.1) is 0 Å². The molecule has 1 aromatic carbocycles. The van der Waals surface area contributed by atoms with Gasteiger partial charge in [0.25, 0.3) is 5.91 Å². The van der Waals surface area contributed by atoms with Crippen molar-refractivity contribution in [1.29, 1.82) is 0 Å². The van der Waals surface area contributed by atoms with E-state index in [1.807, 2.05) is 29.6 Å². The Hall–Kier alpha value is -3.88. The number of benzene rings is 1. The van der Waals surface area contributed by atoms with Crippen molar-refractivity contribution in [3.63, 3.8) is 0 Å². The lowest BCUT2D eigenvalue weighted by Gasteiger charge is -2.36. The first-order valence-corrected chi connectivity index (χ1v) is 17.0. The Morgan fingerprint density at radius 3 is 2.58 bits per heavy atom. The van der Waals surface area contributed by atoms with Crippen LogP contribution < -0.4 is 20.0 Å². The Morgan fingerprint density at radius 2 is 1.84 bits per heavy atom. The van der Waals surface area contributed by atoms with Gasteiger partial charge in [0.2, 0.25) is 5.82 Å². The van der Waals surface area contributed by atoms with Crippen LogP contribution in [-0.4, -0.2) is 90.0 Å². The Kier molecular flexibility index (Phi) is 7.10. The minimum atomic E-state index is -2.17. The van der Waals surface area contributed by atoms with Crippen molar-refractivity contribution < 1.29 is 18.3 Å². The smallest absolute Gasteiger partial charge is 0.290 e. The van der Waals surface area contributed by atoms with Crippen LogP contribution in [0.1, 0.15) is 66.4 Å². The number of hydrogen-bond acceptors (Lipinski definition) is 10. The predicted molar refractivity (Wildman–Crippen MR) is 171 cm³/mol. The van der Waals surface area contributed by atoms with E-state index >= 15 is 0 Å². The lowest BCUT2D eigenvalue weighted by atomic mass is 9.98. The molecule has 236 valence electrons. The number of aryl methyl sites for hydroxylation is 1. The van der Waals surface area contributed by atoms with Crippen molar-refractivity contribution in [3.05, 3.63) is 47.4 Å². The molecule has 4 aliphatic rings. The summed E-state index contributed by atoms with van der Waals surface area (Å²) >= 11 is -2.17. The van der Waals surface area contributed by atoms with Gasteiger partial charge >= 0.3 is 0 Å². The Balaban J connectivity index is 1.22. The van der Waals surface area contributed by atoms with E-state index in [9.17, 15) is 13.6 Å². The number of rotatable bonds is 7. The van der Waals surface area contributed by atoms with Gasteiger partial charge in [0.1, 0.15) is 22.3 Å². The molecule has 0 spiro atoms. The van der Waals surface area contributed by atoms with Crippen LogP contribution in [-0.2, 0) is 15.8 Å². The molecule has 2 N–H and O–H groups in total. The molecule has 4 fully saturated rings. The second-order valence-electron chi connectivity index (χ2n) is 12.5. The highest BCUT2D eigenvalue weighted by molar-refractivity contribution is 7.81. The first-order valence-electron chi connectivity index (χ1n) is 15.9. The van der Waals surface area contributed by atoms with E-state index in [0.29, 0.717) is 37.4 Å². The first kappa shape index (κ1) is 28.6. The van der Waals surface area contributed by atoms with Gasteiger partial charge in [-0.3, -0.25) is 4.79 Å². The summed E-state index contributed by atoms with van der Waals surface area (Å²) in [7, 11) is 0. The molecule has 1 amide bonds. The number of aromatic nitrogens is 5. The number of fused-ring (bicyclic) bond motifs is 2. The Labute approximate surface area is 263 Å². The maximum atomic E-state index is 13.4. The number of nitrogens with zero attached hydrogens (tertiary/aromatic N) is 8. The maximum Gasteiger partial charge on any atom is 0.290 e. The van der Waals surface area contributed by atoms with Crippen LogP contribution in [0.5, 0.6) is 0 Å². The van der Waals surface area contributed by atoms with Gasteiger partial charge in [-0.1, -0.05) is 12.1 Å². The summed E-state index contributed by atoms with van der Waals surface area (Å²) in [6.45, 7) is 7.74. The third kappa shape index (κ3) is 5.08. The predicted octanol–water partition coefficient (Wildman–Crippen LogP) is 3.20.